The van der Waals surface area contributed by atoms with Gasteiger partial charge in [0.15, 0.2) is 0 Å². The first kappa shape index (κ1) is 16.0. The molecule has 3 aliphatic heterocycles. The predicted molar refractivity (Wildman–Crippen MR) is 88.4 cm³/mol. The van der Waals surface area contributed by atoms with Crippen molar-refractivity contribution in [2.75, 3.05) is 27.0 Å². The number of aliphatic hydroxyl groups excluding tert-OH is 1. The molecule has 5 heteroatoms. The summed E-state index contributed by atoms with van der Waals surface area (Å²) in [4.78, 5) is 2.73. The van der Waals surface area contributed by atoms with E-state index in [1.807, 2.05) is 0 Å². The van der Waals surface area contributed by atoms with Gasteiger partial charge >= 0.3 is 0 Å². The van der Waals surface area contributed by atoms with Crippen LogP contribution in [0, 0.1) is 23.7 Å². The summed E-state index contributed by atoms with van der Waals surface area (Å²) in [5.74, 6) is 2.82. The van der Waals surface area contributed by atoms with E-state index in [-0.39, 0.29) is 12.2 Å². The van der Waals surface area contributed by atoms with Crippen molar-refractivity contribution < 1.29 is 19.3 Å². The minimum Gasteiger partial charge on any atom is -0.390 e. The van der Waals surface area contributed by atoms with Gasteiger partial charge in [-0.1, -0.05) is 0 Å². The Balaban J connectivity index is 1.33. The zero-order chi connectivity index (χ0) is 16.3. The van der Waals surface area contributed by atoms with Crippen molar-refractivity contribution in [3.63, 3.8) is 0 Å². The standard InChI is InChI=1S/C19H31NO4/c1-22-18-7-12-4-5-20-9-14-11(2-3-17-19(14)24-10-23-17)6-15(20)13(12)8-16(18)21/h11-19,21H,2-10H2,1H3. The molecule has 0 radical (unpaired) electrons. The van der Waals surface area contributed by atoms with E-state index in [9.17, 15) is 5.11 Å². The number of aliphatic hydroxyl groups is 1. The molecule has 9 atom stereocenters. The second kappa shape index (κ2) is 6.20. The van der Waals surface area contributed by atoms with Gasteiger partial charge in [-0.25, -0.2) is 0 Å². The molecule has 5 rings (SSSR count). The minimum absolute atomic E-state index is 0.0496. The number of ether oxygens (including phenoxy) is 3. The molecule has 2 aliphatic carbocycles. The number of fused-ring (bicyclic) bond motifs is 6. The van der Waals surface area contributed by atoms with E-state index >= 15 is 0 Å². The first-order valence-electron chi connectivity index (χ1n) is 9.92. The first-order valence-corrected chi connectivity index (χ1v) is 9.92. The van der Waals surface area contributed by atoms with Gasteiger partial charge in [0, 0.05) is 25.6 Å². The van der Waals surface area contributed by atoms with Crippen molar-refractivity contribution in [2.24, 2.45) is 23.7 Å². The summed E-state index contributed by atoms with van der Waals surface area (Å²) in [6.45, 7) is 2.88. The molecular formula is C19H31NO4. The fourth-order valence-corrected chi connectivity index (χ4v) is 6.67. The van der Waals surface area contributed by atoms with Crippen molar-refractivity contribution >= 4 is 0 Å². The summed E-state index contributed by atoms with van der Waals surface area (Å²) in [5, 5.41) is 10.5. The normalized spacial score (nSPS) is 54.5. The maximum atomic E-state index is 10.5. The highest BCUT2D eigenvalue weighted by Crippen LogP contribution is 2.49. The third kappa shape index (κ3) is 2.47. The highest BCUT2D eigenvalue weighted by Gasteiger charge is 2.52. The van der Waals surface area contributed by atoms with E-state index < -0.39 is 0 Å². The van der Waals surface area contributed by atoms with Crippen LogP contribution < -0.4 is 0 Å². The molecule has 0 bridgehead atoms. The zero-order valence-electron chi connectivity index (χ0n) is 14.7. The summed E-state index contributed by atoms with van der Waals surface area (Å²) in [5.41, 5.74) is 0. The molecule has 0 amide bonds. The Morgan fingerprint density at radius 2 is 1.88 bits per heavy atom. The van der Waals surface area contributed by atoms with E-state index in [0.29, 0.717) is 36.9 Å². The van der Waals surface area contributed by atoms with Crippen LogP contribution in [0.5, 0.6) is 0 Å². The molecule has 136 valence electrons. The van der Waals surface area contributed by atoms with Gasteiger partial charge in [0.1, 0.15) is 6.79 Å². The topological polar surface area (TPSA) is 51.2 Å². The highest BCUT2D eigenvalue weighted by atomic mass is 16.7. The van der Waals surface area contributed by atoms with Gasteiger partial charge in [0.25, 0.3) is 0 Å². The molecule has 5 fully saturated rings. The van der Waals surface area contributed by atoms with E-state index in [4.69, 9.17) is 14.2 Å². The quantitative estimate of drug-likeness (QED) is 0.788. The van der Waals surface area contributed by atoms with Gasteiger partial charge in [-0.15, -0.1) is 0 Å². The van der Waals surface area contributed by atoms with Gasteiger partial charge in [-0.2, -0.15) is 0 Å². The molecule has 0 spiro atoms. The number of methoxy groups -OCH3 is 1. The summed E-state index contributed by atoms with van der Waals surface area (Å²) in [7, 11) is 1.75. The monoisotopic (exact) mass is 337 g/mol. The second-order valence-corrected chi connectivity index (χ2v) is 8.78. The van der Waals surface area contributed by atoms with Crippen molar-refractivity contribution in [1.29, 1.82) is 0 Å². The Labute approximate surface area is 144 Å². The van der Waals surface area contributed by atoms with Crippen molar-refractivity contribution in [3.8, 4) is 0 Å². The molecule has 0 aromatic rings. The Morgan fingerprint density at radius 1 is 1.00 bits per heavy atom. The minimum atomic E-state index is -0.281. The number of nitrogens with zero attached hydrogens (tertiary/aromatic N) is 1. The number of hydrogen-bond donors (Lipinski definition) is 1. The smallest absolute Gasteiger partial charge is 0.147 e. The molecule has 3 saturated heterocycles. The molecule has 5 aliphatic rings. The molecule has 1 N–H and O–H groups in total. The third-order valence-corrected chi connectivity index (χ3v) is 7.88. The lowest BCUT2D eigenvalue weighted by Gasteiger charge is -2.56. The largest absolute Gasteiger partial charge is 0.390 e. The van der Waals surface area contributed by atoms with Gasteiger partial charge in [0.2, 0.25) is 0 Å². The fraction of sp³-hybridized carbons (Fsp3) is 1.00. The van der Waals surface area contributed by atoms with Crippen molar-refractivity contribution in [3.05, 3.63) is 0 Å². The molecule has 2 saturated carbocycles. The zero-order valence-corrected chi connectivity index (χ0v) is 14.7. The maximum Gasteiger partial charge on any atom is 0.147 e. The molecule has 3 heterocycles. The Morgan fingerprint density at radius 3 is 2.75 bits per heavy atom. The molecule has 5 nitrogen and oxygen atoms in total. The molecule has 9 unspecified atom stereocenters. The van der Waals surface area contributed by atoms with Crippen LogP contribution in [-0.2, 0) is 14.2 Å². The Bertz CT molecular complexity index is 474. The molecular weight excluding hydrogens is 306 g/mol. The average Bonchev–Trinajstić information content (AvgIpc) is 3.09. The van der Waals surface area contributed by atoms with Crippen LogP contribution >= 0.6 is 0 Å². The summed E-state index contributed by atoms with van der Waals surface area (Å²) >= 11 is 0. The Hall–Kier alpha value is -0.200. The van der Waals surface area contributed by atoms with Crippen LogP contribution in [0.25, 0.3) is 0 Å². The van der Waals surface area contributed by atoms with E-state index in [1.54, 1.807) is 7.11 Å². The number of hydrogen-bond acceptors (Lipinski definition) is 5. The first-order chi connectivity index (χ1) is 11.7. The van der Waals surface area contributed by atoms with E-state index in [0.717, 1.165) is 24.7 Å². The SMILES string of the molecule is COC1CC2CCN3CC4C(CCC5OCOC54)CC3C2CC1O. The lowest BCUT2D eigenvalue weighted by Crippen LogP contribution is -2.61. The maximum absolute atomic E-state index is 10.5. The van der Waals surface area contributed by atoms with Crippen molar-refractivity contribution in [1.82, 2.24) is 4.90 Å². The van der Waals surface area contributed by atoms with Crippen molar-refractivity contribution in [2.45, 2.75) is 69.0 Å². The lowest BCUT2D eigenvalue weighted by molar-refractivity contribution is -0.129. The van der Waals surface area contributed by atoms with Gasteiger partial charge in [0.05, 0.1) is 24.4 Å². The molecule has 24 heavy (non-hydrogen) atoms. The van der Waals surface area contributed by atoms with Crippen LogP contribution in [0.4, 0.5) is 0 Å². The second-order valence-electron chi connectivity index (χ2n) is 8.78. The number of rotatable bonds is 1. The summed E-state index contributed by atoms with van der Waals surface area (Å²) < 4.78 is 17.3. The van der Waals surface area contributed by atoms with Crippen LogP contribution in [0.3, 0.4) is 0 Å². The van der Waals surface area contributed by atoms with Gasteiger partial charge in [-0.05, 0) is 62.8 Å². The predicted octanol–water partition coefficient (Wildman–Crippen LogP) is 1.63. The number of piperidine rings is 2. The molecule has 0 aromatic carbocycles. The van der Waals surface area contributed by atoms with Gasteiger partial charge in [-0.3, -0.25) is 4.90 Å². The van der Waals surface area contributed by atoms with Crippen LogP contribution in [-0.4, -0.2) is 67.5 Å². The highest BCUT2D eigenvalue weighted by molar-refractivity contribution is 5.04. The third-order valence-electron chi connectivity index (χ3n) is 7.88. The summed E-state index contributed by atoms with van der Waals surface area (Å²) in [6.07, 6.45) is 7.43. The van der Waals surface area contributed by atoms with E-state index in [2.05, 4.69) is 4.90 Å². The van der Waals surface area contributed by atoms with E-state index in [1.165, 1.54) is 38.8 Å². The van der Waals surface area contributed by atoms with Crippen LogP contribution in [0.1, 0.15) is 38.5 Å². The summed E-state index contributed by atoms with van der Waals surface area (Å²) in [6, 6.07) is 0.663. The lowest BCUT2D eigenvalue weighted by atomic mass is 9.62. The molecule has 0 aromatic heterocycles. The average molecular weight is 337 g/mol. The Kier molecular flexibility index (Phi) is 4.14. The van der Waals surface area contributed by atoms with Gasteiger partial charge < -0.3 is 19.3 Å². The fourth-order valence-electron chi connectivity index (χ4n) is 6.67. The van der Waals surface area contributed by atoms with Crippen LogP contribution in [0.15, 0.2) is 0 Å². The van der Waals surface area contributed by atoms with Crippen LogP contribution in [0.2, 0.25) is 0 Å².